The highest BCUT2D eigenvalue weighted by atomic mass is 35.5. The van der Waals surface area contributed by atoms with Gasteiger partial charge in [-0.1, -0.05) is 29.8 Å². The lowest BCUT2D eigenvalue weighted by Gasteiger charge is -2.33. The smallest absolute Gasteiger partial charge is 0.304 e. The van der Waals surface area contributed by atoms with E-state index in [0.29, 0.717) is 31.3 Å². The van der Waals surface area contributed by atoms with Crippen molar-refractivity contribution in [2.24, 2.45) is 0 Å². The fraction of sp³-hybridized carbons (Fsp3) is 0.381. The molecule has 1 unspecified atom stereocenters. The number of hydrogen-bond donors (Lipinski definition) is 1. The standard InChI is InChI=1S/C21H24ClNO4/c1-15-12-18(27-14-16-2-4-17(22)5-3-16)6-7-19(15)20-13-23(10-11-26-20)9-8-21(24)25/h2-7,12,20H,8-11,13-14H2,1H3,(H,24,25). The lowest BCUT2D eigenvalue weighted by Crippen LogP contribution is -2.39. The minimum Gasteiger partial charge on any atom is -0.489 e. The Labute approximate surface area is 164 Å². The molecule has 2 aromatic carbocycles. The van der Waals surface area contributed by atoms with Crippen LogP contribution in [0.2, 0.25) is 5.02 Å². The molecule has 1 aliphatic heterocycles. The van der Waals surface area contributed by atoms with E-state index in [1.165, 1.54) is 0 Å². The van der Waals surface area contributed by atoms with E-state index in [-0.39, 0.29) is 12.5 Å². The van der Waals surface area contributed by atoms with Crippen LogP contribution in [0.3, 0.4) is 0 Å². The molecule has 1 atom stereocenters. The van der Waals surface area contributed by atoms with Gasteiger partial charge in [-0.05, 0) is 47.9 Å². The van der Waals surface area contributed by atoms with Crippen LogP contribution in [0.4, 0.5) is 0 Å². The average molecular weight is 390 g/mol. The number of halogens is 1. The molecule has 1 aliphatic rings. The summed E-state index contributed by atoms with van der Waals surface area (Å²) in [6.45, 7) is 5.17. The number of carboxylic acids is 1. The van der Waals surface area contributed by atoms with E-state index in [2.05, 4.69) is 4.90 Å². The number of aryl methyl sites for hydroxylation is 1. The molecule has 0 saturated carbocycles. The fourth-order valence-electron chi connectivity index (χ4n) is 3.19. The number of rotatable bonds is 7. The lowest BCUT2D eigenvalue weighted by molar-refractivity contribution is -0.137. The maximum atomic E-state index is 10.8. The number of benzene rings is 2. The molecule has 0 spiro atoms. The van der Waals surface area contributed by atoms with Crippen molar-refractivity contribution in [2.75, 3.05) is 26.2 Å². The average Bonchev–Trinajstić information content (AvgIpc) is 2.66. The second kappa shape index (κ2) is 9.22. The predicted molar refractivity (Wildman–Crippen MR) is 104 cm³/mol. The molecule has 2 aromatic rings. The molecule has 1 N–H and O–H groups in total. The van der Waals surface area contributed by atoms with Crippen molar-refractivity contribution in [1.29, 1.82) is 0 Å². The first-order valence-corrected chi connectivity index (χ1v) is 9.42. The maximum Gasteiger partial charge on any atom is 0.304 e. The number of hydrogen-bond acceptors (Lipinski definition) is 4. The molecule has 1 saturated heterocycles. The molecule has 144 valence electrons. The van der Waals surface area contributed by atoms with Gasteiger partial charge in [0, 0.05) is 24.7 Å². The summed E-state index contributed by atoms with van der Waals surface area (Å²) in [5.41, 5.74) is 3.29. The van der Waals surface area contributed by atoms with E-state index in [0.717, 1.165) is 29.0 Å². The van der Waals surface area contributed by atoms with Gasteiger partial charge >= 0.3 is 5.97 Å². The minimum absolute atomic E-state index is 0.0436. The first kappa shape index (κ1) is 19.7. The zero-order valence-electron chi connectivity index (χ0n) is 15.4. The maximum absolute atomic E-state index is 10.8. The summed E-state index contributed by atoms with van der Waals surface area (Å²) in [5, 5.41) is 9.58. The minimum atomic E-state index is -0.767. The van der Waals surface area contributed by atoms with E-state index < -0.39 is 5.97 Å². The third-order valence-electron chi connectivity index (χ3n) is 4.70. The van der Waals surface area contributed by atoms with Crippen molar-refractivity contribution in [3.63, 3.8) is 0 Å². The van der Waals surface area contributed by atoms with Crippen LogP contribution in [0.5, 0.6) is 5.75 Å². The third-order valence-corrected chi connectivity index (χ3v) is 4.95. The van der Waals surface area contributed by atoms with E-state index in [4.69, 9.17) is 26.2 Å². The fourth-order valence-corrected chi connectivity index (χ4v) is 3.32. The van der Waals surface area contributed by atoms with E-state index in [1.807, 2.05) is 49.4 Å². The topological polar surface area (TPSA) is 59.0 Å². The van der Waals surface area contributed by atoms with Crippen LogP contribution < -0.4 is 4.74 Å². The Kier molecular flexibility index (Phi) is 6.72. The van der Waals surface area contributed by atoms with Crippen molar-refractivity contribution in [1.82, 2.24) is 4.90 Å². The quantitative estimate of drug-likeness (QED) is 0.773. The molecule has 6 heteroatoms. The summed E-state index contributed by atoms with van der Waals surface area (Å²) >= 11 is 5.90. The normalized spacial score (nSPS) is 17.6. The van der Waals surface area contributed by atoms with Gasteiger partial charge in [-0.3, -0.25) is 9.69 Å². The van der Waals surface area contributed by atoms with Gasteiger partial charge in [-0.25, -0.2) is 0 Å². The molecule has 1 fully saturated rings. The number of carboxylic acid groups (broad SMARTS) is 1. The second-order valence-corrected chi connectivity index (χ2v) is 7.17. The van der Waals surface area contributed by atoms with E-state index >= 15 is 0 Å². The van der Waals surface area contributed by atoms with Crippen LogP contribution in [0.15, 0.2) is 42.5 Å². The van der Waals surface area contributed by atoms with Gasteiger partial charge in [0.25, 0.3) is 0 Å². The van der Waals surface area contributed by atoms with Crippen LogP contribution in [0, 0.1) is 6.92 Å². The monoisotopic (exact) mass is 389 g/mol. The molecule has 0 radical (unpaired) electrons. The molecule has 0 amide bonds. The SMILES string of the molecule is Cc1cc(OCc2ccc(Cl)cc2)ccc1C1CN(CCC(=O)O)CCO1. The number of aliphatic carboxylic acids is 1. The lowest BCUT2D eigenvalue weighted by atomic mass is 10.0. The van der Waals surface area contributed by atoms with Gasteiger partial charge in [-0.2, -0.15) is 0 Å². The Hall–Kier alpha value is -2.08. The Bertz CT molecular complexity index is 778. The Morgan fingerprint density at radius 3 is 2.78 bits per heavy atom. The summed E-state index contributed by atoms with van der Waals surface area (Å²) in [4.78, 5) is 12.9. The van der Waals surface area contributed by atoms with Crippen molar-refractivity contribution in [2.45, 2.75) is 26.1 Å². The number of carbonyl (C=O) groups is 1. The number of ether oxygens (including phenoxy) is 2. The number of morpholine rings is 1. The molecular formula is C21H24ClNO4. The summed E-state index contributed by atoms with van der Waals surface area (Å²) in [6, 6.07) is 13.6. The van der Waals surface area contributed by atoms with Crippen LogP contribution in [-0.2, 0) is 16.1 Å². The third kappa shape index (κ3) is 5.70. The Balaban J connectivity index is 1.60. The largest absolute Gasteiger partial charge is 0.489 e. The zero-order chi connectivity index (χ0) is 19.2. The van der Waals surface area contributed by atoms with Gasteiger partial charge in [-0.15, -0.1) is 0 Å². The van der Waals surface area contributed by atoms with Crippen LogP contribution in [-0.4, -0.2) is 42.2 Å². The molecule has 5 nitrogen and oxygen atoms in total. The Morgan fingerprint density at radius 2 is 2.07 bits per heavy atom. The molecule has 3 rings (SSSR count). The van der Waals surface area contributed by atoms with Crippen LogP contribution in [0.25, 0.3) is 0 Å². The van der Waals surface area contributed by atoms with Gasteiger partial charge in [0.05, 0.1) is 19.1 Å². The molecular weight excluding hydrogens is 366 g/mol. The van der Waals surface area contributed by atoms with Gasteiger partial charge < -0.3 is 14.6 Å². The molecule has 0 aromatic heterocycles. The second-order valence-electron chi connectivity index (χ2n) is 6.74. The van der Waals surface area contributed by atoms with Crippen molar-refractivity contribution in [3.05, 3.63) is 64.2 Å². The van der Waals surface area contributed by atoms with Gasteiger partial charge in [0.2, 0.25) is 0 Å². The predicted octanol–water partition coefficient (Wildman–Crippen LogP) is 4.08. The summed E-state index contributed by atoms with van der Waals surface area (Å²) < 4.78 is 11.8. The van der Waals surface area contributed by atoms with E-state index in [9.17, 15) is 4.79 Å². The summed E-state index contributed by atoms with van der Waals surface area (Å²) in [7, 11) is 0. The van der Waals surface area contributed by atoms with Crippen molar-refractivity contribution < 1.29 is 19.4 Å². The summed E-state index contributed by atoms with van der Waals surface area (Å²) in [6.07, 6.45) is 0.112. The van der Waals surface area contributed by atoms with Gasteiger partial charge in [0.1, 0.15) is 12.4 Å². The van der Waals surface area contributed by atoms with Crippen LogP contribution >= 0.6 is 11.6 Å². The first-order chi connectivity index (χ1) is 13.0. The molecule has 0 aliphatic carbocycles. The summed E-state index contributed by atoms with van der Waals surface area (Å²) in [5.74, 6) is 0.0427. The Morgan fingerprint density at radius 1 is 1.30 bits per heavy atom. The van der Waals surface area contributed by atoms with Crippen LogP contribution in [0.1, 0.15) is 29.2 Å². The first-order valence-electron chi connectivity index (χ1n) is 9.05. The molecule has 1 heterocycles. The number of nitrogens with zero attached hydrogens (tertiary/aromatic N) is 1. The van der Waals surface area contributed by atoms with E-state index in [1.54, 1.807) is 0 Å². The van der Waals surface area contributed by atoms with Gasteiger partial charge in [0.15, 0.2) is 0 Å². The molecule has 0 bridgehead atoms. The molecule has 27 heavy (non-hydrogen) atoms. The highest BCUT2D eigenvalue weighted by Crippen LogP contribution is 2.28. The van der Waals surface area contributed by atoms with Crippen molar-refractivity contribution >= 4 is 17.6 Å². The zero-order valence-corrected chi connectivity index (χ0v) is 16.1. The van der Waals surface area contributed by atoms with Crippen molar-refractivity contribution in [3.8, 4) is 5.75 Å². The highest BCUT2D eigenvalue weighted by Gasteiger charge is 2.23. The highest BCUT2D eigenvalue weighted by molar-refractivity contribution is 6.30.